The van der Waals surface area contributed by atoms with Crippen LogP contribution in [-0.4, -0.2) is 53.1 Å². The van der Waals surface area contributed by atoms with Crippen LogP contribution in [0.2, 0.25) is 0 Å². The number of nitrogens with one attached hydrogen (secondary N) is 2. The number of amides is 1. The lowest BCUT2D eigenvalue weighted by Gasteiger charge is -2.13. The molecule has 11 nitrogen and oxygen atoms in total. The number of carboxylic acids is 1. The number of fused-ring (bicyclic) bond motifs is 1. The van der Waals surface area contributed by atoms with Gasteiger partial charge in [0.15, 0.2) is 5.82 Å². The minimum Gasteiger partial charge on any atom is -0.508 e. The summed E-state index contributed by atoms with van der Waals surface area (Å²) in [5.41, 5.74) is 1.87. The van der Waals surface area contributed by atoms with E-state index in [2.05, 4.69) is 15.5 Å². The van der Waals surface area contributed by atoms with Crippen molar-refractivity contribution in [1.29, 1.82) is 0 Å². The summed E-state index contributed by atoms with van der Waals surface area (Å²) in [6.07, 6.45) is 1.58. The van der Waals surface area contributed by atoms with Crippen molar-refractivity contribution in [2.24, 2.45) is 0 Å². The van der Waals surface area contributed by atoms with E-state index in [0.717, 1.165) is 10.9 Å². The smallest absolute Gasteiger partial charge is 0.348 e. The maximum Gasteiger partial charge on any atom is 0.348 e. The number of phenols is 2. The zero-order valence-electron chi connectivity index (χ0n) is 19.9. The lowest BCUT2D eigenvalue weighted by atomic mass is 9.98. The van der Waals surface area contributed by atoms with Gasteiger partial charge in [0, 0.05) is 42.7 Å². The van der Waals surface area contributed by atoms with Gasteiger partial charge in [-0.3, -0.25) is 9.59 Å². The molecule has 0 bridgehead atoms. The first-order chi connectivity index (χ1) is 17.2. The summed E-state index contributed by atoms with van der Waals surface area (Å²) in [5.74, 6) is -1.37. The number of carbonyl (C=O) groups is 2. The predicted molar refractivity (Wildman–Crippen MR) is 132 cm³/mol. The first-order valence-electron chi connectivity index (χ1n) is 11.5. The Hall–Kier alpha value is -4.54. The quantitative estimate of drug-likeness (QED) is 0.239. The standard InChI is InChI=1S/C25H27N5O6/c1-14(2)17-12-18(21(32)13-20(17)31)24-27-28-25(36)30(24)16-3-4-19-15(11-16)7-9-29(19)10-8-26-22(33)5-6-23(34)35/h3-4,7,9,11-14,31-32H,5-6,8,10H2,1-2H3,(H,26,33)(H,28,36)(H,34,35). The van der Waals surface area contributed by atoms with E-state index in [1.807, 2.05) is 42.8 Å². The van der Waals surface area contributed by atoms with Gasteiger partial charge in [-0.25, -0.2) is 14.5 Å². The number of aromatic nitrogens is 4. The van der Waals surface area contributed by atoms with Crippen molar-refractivity contribution in [1.82, 2.24) is 24.6 Å². The minimum absolute atomic E-state index is 0.0125. The number of phenolic OH excluding ortho intramolecular Hbond substituents is 2. The molecule has 188 valence electrons. The van der Waals surface area contributed by atoms with Crippen LogP contribution in [0.25, 0.3) is 28.0 Å². The monoisotopic (exact) mass is 493 g/mol. The Morgan fingerprint density at radius 2 is 1.86 bits per heavy atom. The molecular weight excluding hydrogens is 466 g/mol. The second-order valence-corrected chi connectivity index (χ2v) is 8.77. The van der Waals surface area contributed by atoms with Crippen molar-refractivity contribution in [3.63, 3.8) is 0 Å². The SMILES string of the molecule is CC(C)c1cc(-c2n[nH]c(=O)n2-c2ccc3c(ccn3CCNC(=O)CCC(=O)O)c2)c(O)cc1O. The van der Waals surface area contributed by atoms with Crippen LogP contribution >= 0.6 is 0 Å². The number of carbonyl (C=O) groups excluding carboxylic acids is 1. The summed E-state index contributed by atoms with van der Waals surface area (Å²) in [7, 11) is 0. The fourth-order valence-corrected chi connectivity index (χ4v) is 4.10. The van der Waals surface area contributed by atoms with Crippen molar-refractivity contribution in [3.05, 3.63) is 58.6 Å². The summed E-state index contributed by atoms with van der Waals surface area (Å²) in [5, 5.41) is 39.5. The van der Waals surface area contributed by atoms with Crippen molar-refractivity contribution in [3.8, 4) is 28.6 Å². The molecular formula is C25H27N5O6. The summed E-state index contributed by atoms with van der Waals surface area (Å²) in [4.78, 5) is 35.0. The summed E-state index contributed by atoms with van der Waals surface area (Å²) < 4.78 is 3.30. The Morgan fingerprint density at radius 1 is 1.08 bits per heavy atom. The molecule has 5 N–H and O–H groups in total. The number of aromatic hydroxyl groups is 2. The molecule has 0 aliphatic heterocycles. The fraction of sp³-hybridized carbons (Fsp3) is 0.280. The van der Waals surface area contributed by atoms with Gasteiger partial charge in [0.05, 0.1) is 17.7 Å². The normalized spacial score (nSPS) is 11.3. The molecule has 0 spiro atoms. The number of rotatable bonds is 9. The van der Waals surface area contributed by atoms with Crippen LogP contribution in [0.1, 0.15) is 38.2 Å². The summed E-state index contributed by atoms with van der Waals surface area (Å²) >= 11 is 0. The number of aromatic amines is 1. The number of hydrogen-bond acceptors (Lipinski definition) is 6. The minimum atomic E-state index is -1.02. The molecule has 0 saturated heterocycles. The van der Waals surface area contributed by atoms with Gasteiger partial charge >= 0.3 is 11.7 Å². The molecule has 0 atom stereocenters. The van der Waals surface area contributed by atoms with Gasteiger partial charge in [-0.1, -0.05) is 13.8 Å². The molecule has 0 radical (unpaired) electrons. The van der Waals surface area contributed by atoms with E-state index >= 15 is 0 Å². The second-order valence-electron chi connectivity index (χ2n) is 8.77. The molecule has 0 unspecified atom stereocenters. The van der Waals surface area contributed by atoms with Crippen LogP contribution in [0, 0.1) is 0 Å². The van der Waals surface area contributed by atoms with Gasteiger partial charge in [0.25, 0.3) is 0 Å². The Bertz CT molecular complexity index is 1500. The van der Waals surface area contributed by atoms with Crippen LogP contribution < -0.4 is 11.0 Å². The molecule has 4 aromatic rings. The number of aliphatic carboxylic acids is 1. The third-order valence-electron chi connectivity index (χ3n) is 5.93. The fourth-order valence-electron chi connectivity index (χ4n) is 4.10. The van der Waals surface area contributed by atoms with E-state index in [1.165, 1.54) is 10.6 Å². The molecule has 2 heterocycles. The molecule has 0 fully saturated rings. The van der Waals surface area contributed by atoms with Gasteiger partial charge in [0.2, 0.25) is 5.91 Å². The zero-order chi connectivity index (χ0) is 26.0. The number of benzene rings is 2. The number of carboxylic acid groups (broad SMARTS) is 1. The first kappa shape index (κ1) is 24.6. The molecule has 4 rings (SSSR count). The highest BCUT2D eigenvalue weighted by Gasteiger charge is 2.20. The first-order valence-corrected chi connectivity index (χ1v) is 11.5. The lowest BCUT2D eigenvalue weighted by molar-refractivity contribution is -0.138. The summed E-state index contributed by atoms with van der Waals surface area (Å²) in [6, 6.07) is 10.2. The van der Waals surface area contributed by atoms with Crippen molar-refractivity contribution < 1.29 is 24.9 Å². The van der Waals surface area contributed by atoms with Crippen LogP contribution in [0.15, 0.2) is 47.4 Å². The Labute approximate surface area is 205 Å². The van der Waals surface area contributed by atoms with Crippen LogP contribution in [-0.2, 0) is 16.1 Å². The number of nitrogens with zero attached hydrogens (tertiary/aromatic N) is 3. The third-order valence-corrected chi connectivity index (χ3v) is 5.93. The molecule has 0 aliphatic rings. The average Bonchev–Trinajstić information content (AvgIpc) is 3.40. The lowest BCUT2D eigenvalue weighted by Crippen LogP contribution is -2.27. The zero-order valence-corrected chi connectivity index (χ0v) is 19.9. The van der Waals surface area contributed by atoms with Gasteiger partial charge in [-0.15, -0.1) is 0 Å². The van der Waals surface area contributed by atoms with Crippen LogP contribution in [0.3, 0.4) is 0 Å². The number of H-pyrrole nitrogens is 1. The average molecular weight is 494 g/mol. The predicted octanol–water partition coefficient (Wildman–Crippen LogP) is 2.70. The number of hydrogen-bond donors (Lipinski definition) is 5. The van der Waals surface area contributed by atoms with Crippen LogP contribution in [0.4, 0.5) is 0 Å². The topological polar surface area (TPSA) is 162 Å². The maximum atomic E-state index is 12.7. The molecule has 0 saturated carbocycles. The van der Waals surface area contributed by atoms with E-state index in [1.54, 1.807) is 12.1 Å². The Balaban J connectivity index is 1.61. The van der Waals surface area contributed by atoms with Gasteiger partial charge < -0.3 is 25.2 Å². The molecule has 1 amide bonds. The van der Waals surface area contributed by atoms with Crippen molar-refractivity contribution in [2.45, 2.75) is 39.2 Å². The highest BCUT2D eigenvalue weighted by atomic mass is 16.4. The molecule has 2 aromatic carbocycles. The van der Waals surface area contributed by atoms with Gasteiger partial charge in [0.1, 0.15) is 11.5 Å². The van der Waals surface area contributed by atoms with Crippen molar-refractivity contribution >= 4 is 22.8 Å². The molecule has 36 heavy (non-hydrogen) atoms. The third kappa shape index (κ3) is 4.95. The van der Waals surface area contributed by atoms with E-state index in [9.17, 15) is 24.6 Å². The maximum absolute atomic E-state index is 12.7. The van der Waals surface area contributed by atoms with Gasteiger partial charge in [-0.05, 0) is 41.8 Å². The molecule has 11 heteroatoms. The van der Waals surface area contributed by atoms with E-state index < -0.39 is 11.7 Å². The van der Waals surface area contributed by atoms with E-state index in [4.69, 9.17) is 5.11 Å². The summed E-state index contributed by atoms with van der Waals surface area (Å²) in [6.45, 7) is 4.65. The highest BCUT2D eigenvalue weighted by molar-refractivity contribution is 5.83. The highest BCUT2D eigenvalue weighted by Crippen LogP contribution is 2.37. The molecule has 0 aliphatic carbocycles. The van der Waals surface area contributed by atoms with Gasteiger partial charge in [-0.2, -0.15) is 5.10 Å². The van der Waals surface area contributed by atoms with Crippen molar-refractivity contribution in [2.75, 3.05) is 6.54 Å². The van der Waals surface area contributed by atoms with E-state index in [0.29, 0.717) is 29.9 Å². The largest absolute Gasteiger partial charge is 0.508 e. The Kier molecular flexibility index (Phi) is 6.82. The molecule has 2 aromatic heterocycles. The van der Waals surface area contributed by atoms with Crippen LogP contribution in [0.5, 0.6) is 11.5 Å². The van der Waals surface area contributed by atoms with E-state index in [-0.39, 0.29) is 42.0 Å². The second kappa shape index (κ2) is 9.98. The Morgan fingerprint density at radius 3 is 2.58 bits per heavy atom.